The fourth-order valence-electron chi connectivity index (χ4n) is 5.00. The number of rotatable bonds is 6. The van der Waals surface area contributed by atoms with Crippen molar-refractivity contribution in [3.05, 3.63) is 53.6 Å². The Morgan fingerprint density at radius 2 is 1.76 bits per heavy atom. The predicted molar refractivity (Wildman–Crippen MR) is 136 cm³/mol. The number of nitrogens with zero attached hydrogens (tertiary/aromatic N) is 4. The molecular formula is C27H35N5O2. The molecule has 34 heavy (non-hydrogen) atoms. The van der Waals surface area contributed by atoms with Gasteiger partial charge in [0.1, 0.15) is 0 Å². The molecule has 7 nitrogen and oxygen atoms in total. The van der Waals surface area contributed by atoms with Crippen molar-refractivity contribution >= 4 is 28.6 Å². The topological polar surface area (TPSA) is 62.6 Å². The van der Waals surface area contributed by atoms with Crippen molar-refractivity contribution in [2.45, 2.75) is 33.2 Å². The van der Waals surface area contributed by atoms with Crippen LogP contribution in [0.25, 0.3) is 11.0 Å². The van der Waals surface area contributed by atoms with Gasteiger partial charge in [0, 0.05) is 50.9 Å². The van der Waals surface area contributed by atoms with Crippen LogP contribution in [0.4, 0.5) is 11.6 Å². The number of piperidine rings is 1. The lowest BCUT2D eigenvalue weighted by Gasteiger charge is -2.33. The number of hydrogen-bond acceptors (Lipinski definition) is 5. The third kappa shape index (κ3) is 4.95. The predicted octanol–water partition coefficient (Wildman–Crippen LogP) is 3.84. The Hall–Kier alpha value is -2.90. The maximum absolute atomic E-state index is 12.9. The number of para-hydroxylation sites is 2. The van der Waals surface area contributed by atoms with Crippen LogP contribution in [0.15, 0.2) is 42.5 Å². The Labute approximate surface area is 201 Å². The molecule has 2 aliphatic heterocycles. The summed E-state index contributed by atoms with van der Waals surface area (Å²) in [6, 6.07) is 14.5. The number of anilines is 2. The van der Waals surface area contributed by atoms with Crippen molar-refractivity contribution in [1.29, 1.82) is 0 Å². The fraction of sp³-hybridized carbons (Fsp3) is 0.481. The first-order valence-electron chi connectivity index (χ1n) is 12.5. The van der Waals surface area contributed by atoms with Gasteiger partial charge in [-0.3, -0.25) is 9.69 Å². The zero-order chi connectivity index (χ0) is 23.5. The highest BCUT2D eigenvalue weighted by molar-refractivity contribution is 5.92. The van der Waals surface area contributed by atoms with E-state index in [1.165, 1.54) is 16.6 Å². The Bertz CT molecular complexity index is 1140. The van der Waals surface area contributed by atoms with Crippen molar-refractivity contribution in [2.75, 3.05) is 56.2 Å². The second kappa shape index (κ2) is 10.2. The van der Waals surface area contributed by atoms with Gasteiger partial charge in [-0.1, -0.05) is 18.2 Å². The Morgan fingerprint density at radius 3 is 2.53 bits per heavy atom. The van der Waals surface area contributed by atoms with Crippen molar-refractivity contribution in [3.63, 3.8) is 0 Å². The molecule has 2 aromatic carbocycles. The van der Waals surface area contributed by atoms with Crippen LogP contribution in [0, 0.1) is 19.8 Å². The lowest BCUT2D eigenvalue weighted by Crippen LogP contribution is -2.40. The second-order valence-electron chi connectivity index (χ2n) is 9.56. The van der Waals surface area contributed by atoms with E-state index in [1.807, 2.05) is 6.07 Å². The number of imidazole rings is 1. The van der Waals surface area contributed by atoms with Crippen LogP contribution in [0.2, 0.25) is 0 Å². The highest BCUT2D eigenvalue weighted by Gasteiger charge is 2.28. The Kier molecular flexibility index (Phi) is 6.83. The molecule has 3 heterocycles. The van der Waals surface area contributed by atoms with E-state index in [-0.39, 0.29) is 11.8 Å². The van der Waals surface area contributed by atoms with Gasteiger partial charge in [0.05, 0.1) is 24.2 Å². The van der Waals surface area contributed by atoms with Crippen LogP contribution in [0.1, 0.15) is 24.0 Å². The van der Waals surface area contributed by atoms with Crippen LogP contribution >= 0.6 is 0 Å². The summed E-state index contributed by atoms with van der Waals surface area (Å²) in [5.74, 6) is 1.19. The molecule has 7 heteroatoms. The van der Waals surface area contributed by atoms with E-state index in [1.54, 1.807) is 0 Å². The van der Waals surface area contributed by atoms with Gasteiger partial charge in [0.15, 0.2) is 0 Å². The minimum atomic E-state index is 0.0315. The number of carbonyl (C=O) groups is 1. The molecule has 180 valence electrons. The van der Waals surface area contributed by atoms with Gasteiger partial charge in [0.25, 0.3) is 0 Å². The number of aryl methyl sites for hydroxylation is 2. The first-order chi connectivity index (χ1) is 16.6. The molecule has 0 spiro atoms. The van der Waals surface area contributed by atoms with E-state index in [9.17, 15) is 4.79 Å². The van der Waals surface area contributed by atoms with Crippen molar-refractivity contribution in [3.8, 4) is 0 Å². The molecule has 0 bridgehead atoms. The fourth-order valence-corrected chi connectivity index (χ4v) is 5.00. The van der Waals surface area contributed by atoms with Gasteiger partial charge in [0.2, 0.25) is 11.9 Å². The van der Waals surface area contributed by atoms with Crippen LogP contribution < -0.4 is 10.2 Å². The summed E-state index contributed by atoms with van der Waals surface area (Å²) < 4.78 is 7.86. The summed E-state index contributed by atoms with van der Waals surface area (Å²) in [6.07, 6.45) is 1.67. The first kappa shape index (κ1) is 22.9. The number of aromatic nitrogens is 2. The van der Waals surface area contributed by atoms with Crippen LogP contribution in [-0.4, -0.2) is 66.3 Å². The molecule has 2 fully saturated rings. The molecule has 0 radical (unpaired) electrons. The smallest absolute Gasteiger partial charge is 0.227 e. The zero-order valence-corrected chi connectivity index (χ0v) is 20.3. The number of amides is 1. The molecule has 1 amide bonds. The number of hydrogen-bond donors (Lipinski definition) is 1. The largest absolute Gasteiger partial charge is 0.379 e. The summed E-state index contributed by atoms with van der Waals surface area (Å²) in [5.41, 5.74) is 5.54. The van der Waals surface area contributed by atoms with Crippen LogP contribution in [0.3, 0.4) is 0 Å². The van der Waals surface area contributed by atoms with E-state index in [0.717, 1.165) is 82.5 Å². The van der Waals surface area contributed by atoms with Gasteiger partial charge in [-0.25, -0.2) is 4.98 Å². The molecule has 3 aromatic rings. The molecule has 2 saturated heterocycles. The number of carbonyl (C=O) groups excluding carboxylic acids is 1. The van der Waals surface area contributed by atoms with Gasteiger partial charge >= 0.3 is 0 Å². The maximum Gasteiger partial charge on any atom is 0.227 e. The standard InChI is InChI=1S/C27H35N5O2/c1-20-7-8-23(19-21(20)2)28-26(33)22-9-11-31(12-10-22)27-29-24-5-3-4-6-25(24)32(27)14-13-30-15-17-34-18-16-30/h3-8,19,22H,9-18H2,1-2H3,(H,28,33). The second-order valence-corrected chi connectivity index (χ2v) is 9.56. The summed E-state index contributed by atoms with van der Waals surface area (Å²) in [6.45, 7) is 11.3. The highest BCUT2D eigenvalue weighted by atomic mass is 16.5. The molecule has 0 aliphatic carbocycles. The normalized spacial score (nSPS) is 17.9. The monoisotopic (exact) mass is 461 g/mol. The van der Waals surface area contributed by atoms with E-state index in [4.69, 9.17) is 9.72 Å². The maximum atomic E-state index is 12.9. The Morgan fingerprint density at radius 1 is 1.00 bits per heavy atom. The van der Waals surface area contributed by atoms with Crippen LogP contribution in [-0.2, 0) is 16.1 Å². The molecule has 1 aromatic heterocycles. The molecule has 0 atom stereocenters. The van der Waals surface area contributed by atoms with Gasteiger partial charge in [-0.2, -0.15) is 0 Å². The van der Waals surface area contributed by atoms with Crippen molar-refractivity contribution in [2.24, 2.45) is 5.92 Å². The third-order valence-corrected chi connectivity index (χ3v) is 7.30. The van der Waals surface area contributed by atoms with Crippen molar-refractivity contribution in [1.82, 2.24) is 14.5 Å². The lowest BCUT2D eigenvalue weighted by molar-refractivity contribution is -0.120. The molecule has 0 saturated carbocycles. The van der Waals surface area contributed by atoms with E-state index < -0.39 is 0 Å². The average Bonchev–Trinajstić information content (AvgIpc) is 3.24. The summed E-state index contributed by atoms with van der Waals surface area (Å²) >= 11 is 0. The van der Waals surface area contributed by atoms with Gasteiger partial charge < -0.3 is 19.5 Å². The van der Waals surface area contributed by atoms with Crippen LogP contribution in [0.5, 0.6) is 0 Å². The molecule has 2 aliphatic rings. The number of benzene rings is 2. The third-order valence-electron chi connectivity index (χ3n) is 7.30. The minimum Gasteiger partial charge on any atom is -0.379 e. The average molecular weight is 462 g/mol. The van der Waals surface area contributed by atoms with Gasteiger partial charge in [-0.15, -0.1) is 0 Å². The first-order valence-corrected chi connectivity index (χ1v) is 12.5. The molecular weight excluding hydrogens is 426 g/mol. The minimum absolute atomic E-state index is 0.0315. The summed E-state index contributed by atoms with van der Waals surface area (Å²) in [4.78, 5) is 22.8. The van der Waals surface area contributed by atoms with E-state index in [0.29, 0.717) is 0 Å². The number of fused-ring (bicyclic) bond motifs is 1. The Balaban J connectivity index is 1.25. The lowest BCUT2D eigenvalue weighted by atomic mass is 9.96. The number of ether oxygens (including phenoxy) is 1. The highest BCUT2D eigenvalue weighted by Crippen LogP contribution is 2.28. The SMILES string of the molecule is Cc1ccc(NC(=O)C2CCN(c3nc4ccccc4n3CCN3CCOCC3)CC2)cc1C. The zero-order valence-electron chi connectivity index (χ0n) is 20.3. The summed E-state index contributed by atoms with van der Waals surface area (Å²) in [5, 5.41) is 3.13. The quantitative estimate of drug-likeness (QED) is 0.604. The molecule has 5 rings (SSSR count). The number of nitrogens with one attached hydrogen (secondary N) is 1. The molecule has 0 unspecified atom stereocenters. The van der Waals surface area contributed by atoms with E-state index >= 15 is 0 Å². The van der Waals surface area contributed by atoms with Gasteiger partial charge in [-0.05, 0) is 62.1 Å². The molecule has 1 N–H and O–H groups in total. The summed E-state index contributed by atoms with van der Waals surface area (Å²) in [7, 11) is 0. The van der Waals surface area contributed by atoms with Crippen molar-refractivity contribution < 1.29 is 9.53 Å². The van der Waals surface area contributed by atoms with E-state index in [2.05, 4.69) is 69.9 Å². The number of morpholine rings is 1.